The van der Waals surface area contributed by atoms with Crippen molar-refractivity contribution in [1.29, 1.82) is 0 Å². The minimum Gasteiger partial charge on any atom is -0.387 e. The maximum atomic E-state index is 10.3. The molecule has 1 heterocycles. The van der Waals surface area contributed by atoms with Gasteiger partial charge in [0.15, 0.2) is 0 Å². The molecule has 3 nitrogen and oxygen atoms in total. The monoisotopic (exact) mass is 270 g/mol. The molecule has 1 aromatic carbocycles. The summed E-state index contributed by atoms with van der Waals surface area (Å²) < 4.78 is 0. The predicted octanol–water partition coefficient (Wildman–Crippen LogP) is 2.86. The van der Waals surface area contributed by atoms with Crippen LogP contribution in [0.15, 0.2) is 48.7 Å². The van der Waals surface area contributed by atoms with Crippen molar-refractivity contribution in [2.45, 2.75) is 39.0 Å². The summed E-state index contributed by atoms with van der Waals surface area (Å²) in [5.41, 5.74) is 3.21. The van der Waals surface area contributed by atoms with E-state index >= 15 is 0 Å². The summed E-state index contributed by atoms with van der Waals surface area (Å²) in [6.45, 7) is 4.77. The zero-order valence-corrected chi connectivity index (χ0v) is 12.1. The maximum Gasteiger partial charge on any atom is 0.0940 e. The highest BCUT2D eigenvalue weighted by Crippen LogP contribution is 2.18. The standard InChI is InChI=1S/C17H22N2O/c1-3-14-7-9-15(10-8-14)17(20)13(2)19-12-16-6-4-5-11-18-16/h4-11,13,17,19-20H,3,12H2,1-2H3. The number of aromatic nitrogens is 1. The lowest BCUT2D eigenvalue weighted by Gasteiger charge is -2.20. The molecule has 0 saturated carbocycles. The topological polar surface area (TPSA) is 45.1 Å². The minimum absolute atomic E-state index is 0.0236. The number of nitrogens with zero attached hydrogens (tertiary/aromatic N) is 1. The number of hydrogen-bond donors (Lipinski definition) is 2. The molecule has 2 rings (SSSR count). The van der Waals surface area contributed by atoms with Crippen molar-refractivity contribution in [3.05, 3.63) is 65.5 Å². The average molecular weight is 270 g/mol. The first-order chi connectivity index (χ1) is 9.70. The molecule has 0 spiro atoms. The van der Waals surface area contributed by atoms with Gasteiger partial charge in [-0.25, -0.2) is 0 Å². The van der Waals surface area contributed by atoms with Gasteiger partial charge in [-0.2, -0.15) is 0 Å². The summed E-state index contributed by atoms with van der Waals surface area (Å²) in [5.74, 6) is 0. The fourth-order valence-electron chi connectivity index (χ4n) is 2.12. The molecule has 2 N–H and O–H groups in total. The Hall–Kier alpha value is -1.71. The van der Waals surface area contributed by atoms with Crippen LogP contribution in [-0.2, 0) is 13.0 Å². The van der Waals surface area contributed by atoms with Crippen LogP contribution >= 0.6 is 0 Å². The second-order valence-electron chi connectivity index (χ2n) is 5.03. The van der Waals surface area contributed by atoms with E-state index in [2.05, 4.69) is 29.4 Å². The van der Waals surface area contributed by atoms with Crippen molar-refractivity contribution in [2.24, 2.45) is 0 Å². The van der Waals surface area contributed by atoms with E-state index in [9.17, 15) is 5.11 Å². The Labute approximate surface area is 120 Å². The van der Waals surface area contributed by atoms with E-state index < -0.39 is 6.10 Å². The number of benzene rings is 1. The Balaban J connectivity index is 1.92. The van der Waals surface area contributed by atoms with E-state index in [1.165, 1.54) is 5.56 Å². The van der Waals surface area contributed by atoms with Gasteiger partial charge in [0.2, 0.25) is 0 Å². The van der Waals surface area contributed by atoms with Crippen LogP contribution in [0.1, 0.15) is 36.8 Å². The third-order valence-corrected chi connectivity index (χ3v) is 3.53. The van der Waals surface area contributed by atoms with E-state index in [-0.39, 0.29) is 6.04 Å². The number of aryl methyl sites for hydroxylation is 1. The van der Waals surface area contributed by atoms with Gasteiger partial charge in [0.05, 0.1) is 11.8 Å². The molecule has 0 amide bonds. The number of hydrogen-bond acceptors (Lipinski definition) is 3. The number of aliphatic hydroxyl groups excluding tert-OH is 1. The Morgan fingerprint density at radius 3 is 2.50 bits per heavy atom. The zero-order valence-electron chi connectivity index (χ0n) is 12.1. The van der Waals surface area contributed by atoms with Crippen molar-refractivity contribution in [1.82, 2.24) is 10.3 Å². The van der Waals surface area contributed by atoms with Crippen molar-refractivity contribution in [3.8, 4) is 0 Å². The van der Waals surface area contributed by atoms with Crippen molar-refractivity contribution in [2.75, 3.05) is 0 Å². The van der Waals surface area contributed by atoms with Gasteiger partial charge in [0.25, 0.3) is 0 Å². The first-order valence-electron chi connectivity index (χ1n) is 7.11. The van der Waals surface area contributed by atoms with E-state index in [1.54, 1.807) is 6.20 Å². The van der Waals surface area contributed by atoms with Gasteiger partial charge >= 0.3 is 0 Å². The Bertz CT molecular complexity index is 510. The molecule has 0 fully saturated rings. The van der Waals surface area contributed by atoms with Gasteiger partial charge in [0, 0.05) is 18.8 Å². The summed E-state index contributed by atoms with van der Waals surface area (Å²) in [5, 5.41) is 13.7. The summed E-state index contributed by atoms with van der Waals surface area (Å²) in [7, 11) is 0. The van der Waals surface area contributed by atoms with Gasteiger partial charge in [-0.15, -0.1) is 0 Å². The maximum absolute atomic E-state index is 10.3. The minimum atomic E-state index is -0.510. The van der Waals surface area contributed by atoms with Crippen LogP contribution in [-0.4, -0.2) is 16.1 Å². The van der Waals surface area contributed by atoms with E-state index in [4.69, 9.17) is 0 Å². The van der Waals surface area contributed by atoms with Gasteiger partial charge in [-0.05, 0) is 36.6 Å². The van der Waals surface area contributed by atoms with Crippen LogP contribution in [0.4, 0.5) is 0 Å². The molecule has 0 bridgehead atoms. The SMILES string of the molecule is CCc1ccc(C(O)C(C)NCc2ccccn2)cc1. The van der Waals surface area contributed by atoms with Crippen LogP contribution in [0.25, 0.3) is 0 Å². The molecule has 0 aliphatic heterocycles. The fraction of sp³-hybridized carbons (Fsp3) is 0.353. The molecule has 3 heteroatoms. The number of aliphatic hydroxyl groups is 1. The predicted molar refractivity (Wildman–Crippen MR) is 81.3 cm³/mol. The van der Waals surface area contributed by atoms with Gasteiger partial charge in [-0.3, -0.25) is 4.98 Å². The Morgan fingerprint density at radius 1 is 1.15 bits per heavy atom. The lowest BCUT2D eigenvalue weighted by molar-refractivity contribution is 0.135. The van der Waals surface area contributed by atoms with Crippen molar-refractivity contribution < 1.29 is 5.11 Å². The van der Waals surface area contributed by atoms with Crippen LogP contribution in [0.3, 0.4) is 0 Å². The second kappa shape index (κ2) is 7.17. The average Bonchev–Trinajstić information content (AvgIpc) is 2.53. The lowest BCUT2D eigenvalue weighted by Crippen LogP contribution is -2.32. The lowest BCUT2D eigenvalue weighted by atomic mass is 10.0. The molecule has 0 radical (unpaired) electrons. The largest absolute Gasteiger partial charge is 0.387 e. The molecule has 0 aliphatic carbocycles. The summed E-state index contributed by atoms with van der Waals surface area (Å²) in [4.78, 5) is 4.26. The molecular formula is C17H22N2O. The normalized spacial score (nSPS) is 13.9. The molecule has 2 atom stereocenters. The molecule has 1 aromatic heterocycles. The second-order valence-corrected chi connectivity index (χ2v) is 5.03. The highest BCUT2D eigenvalue weighted by Gasteiger charge is 2.15. The summed E-state index contributed by atoms with van der Waals surface area (Å²) >= 11 is 0. The van der Waals surface area contributed by atoms with Gasteiger partial charge < -0.3 is 10.4 Å². The smallest absolute Gasteiger partial charge is 0.0940 e. The third-order valence-electron chi connectivity index (χ3n) is 3.53. The van der Waals surface area contributed by atoms with Crippen LogP contribution < -0.4 is 5.32 Å². The van der Waals surface area contributed by atoms with Crippen LogP contribution in [0.2, 0.25) is 0 Å². The van der Waals surface area contributed by atoms with Crippen molar-refractivity contribution >= 4 is 0 Å². The van der Waals surface area contributed by atoms with E-state index in [0.717, 1.165) is 17.7 Å². The molecule has 0 saturated heterocycles. The summed E-state index contributed by atoms with van der Waals surface area (Å²) in [6, 6.07) is 14.0. The first-order valence-corrected chi connectivity index (χ1v) is 7.11. The van der Waals surface area contributed by atoms with Gasteiger partial charge in [0.1, 0.15) is 0 Å². The zero-order chi connectivity index (χ0) is 14.4. The first kappa shape index (κ1) is 14.7. The van der Waals surface area contributed by atoms with Crippen LogP contribution in [0, 0.1) is 0 Å². The number of rotatable bonds is 6. The summed E-state index contributed by atoms with van der Waals surface area (Å²) in [6.07, 6.45) is 2.29. The van der Waals surface area contributed by atoms with Crippen molar-refractivity contribution in [3.63, 3.8) is 0 Å². The Morgan fingerprint density at radius 2 is 1.90 bits per heavy atom. The van der Waals surface area contributed by atoms with Crippen LogP contribution in [0.5, 0.6) is 0 Å². The molecule has 20 heavy (non-hydrogen) atoms. The number of pyridine rings is 1. The Kier molecular flexibility index (Phi) is 5.27. The molecule has 2 unspecified atom stereocenters. The van der Waals surface area contributed by atoms with E-state index in [0.29, 0.717) is 6.54 Å². The molecule has 0 aliphatic rings. The quantitative estimate of drug-likeness (QED) is 0.848. The molecular weight excluding hydrogens is 248 g/mol. The highest BCUT2D eigenvalue weighted by atomic mass is 16.3. The number of nitrogens with one attached hydrogen (secondary N) is 1. The third kappa shape index (κ3) is 3.89. The fourth-order valence-corrected chi connectivity index (χ4v) is 2.12. The molecule has 2 aromatic rings. The molecule has 106 valence electrons. The van der Waals surface area contributed by atoms with Gasteiger partial charge in [-0.1, -0.05) is 37.3 Å². The highest BCUT2D eigenvalue weighted by molar-refractivity contribution is 5.25. The van der Waals surface area contributed by atoms with E-state index in [1.807, 2.05) is 37.3 Å².